The maximum Gasteiger partial charge on any atom is 0.244 e. The van der Waals surface area contributed by atoms with Crippen LogP contribution >= 0.6 is 11.6 Å². The van der Waals surface area contributed by atoms with E-state index in [1.807, 2.05) is 16.4 Å². The number of furan rings is 1. The van der Waals surface area contributed by atoms with Gasteiger partial charge in [-0.15, -0.1) is 0 Å². The summed E-state index contributed by atoms with van der Waals surface area (Å²) in [6, 6.07) is 12.2. The van der Waals surface area contributed by atoms with Gasteiger partial charge in [0.05, 0.1) is 47.6 Å². The highest BCUT2D eigenvalue weighted by atomic mass is 35.5. The Morgan fingerprint density at radius 3 is 2.95 bits per heavy atom. The number of aliphatic hydroxyl groups is 1. The lowest BCUT2D eigenvalue weighted by atomic mass is 9.56. The van der Waals surface area contributed by atoms with Crippen molar-refractivity contribution in [3.63, 3.8) is 0 Å². The number of rotatable bonds is 6. The molecular weight excluding hydrogens is 564 g/mol. The summed E-state index contributed by atoms with van der Waals surface area (Å²) in [6.07, 6.45) is 8.24. The molecule has 7 atom stereocenters. The SMILES string of the molecule is COc1ccc2c3c1O[C@H]1C(NC(=O)/C=C/c4ccoc4)CCC4(O)C5N(S(=O)c6cccc(Cl)c6)CC5(C2)CC314. The normalized spacial score (nSPS) is 34.9. The molecule has 2 aliphatic heterocycles. The molecule has 2 spiro atoms. The largest absolute Gasteiger partial charge is 0.493 e. The maximum atomic E-state index is 13.9. The minimum absolute atomic E-state index is 0.236. The number of nitrogens with zero attached hydrogens (tertiary/aromatic N) is 1. The first-order valence-corrected chi connectivity index (χ1v) is 15.3. The Labute approximate surface area is 244 Å². The molecule has 5 aliphatic rings. The molecule has 2 N–H and O–H groups in total. The topological polar surface area (TPSA) is 101 Å². The van der Waals surface area contributed by atoms with Crippen molar-refractivity contribution in [1.82, 2.24) is 9.62 Å². The average Bonchev–Trinajstić information content (AvgIpc) is 3.63. The van der Waals surface area contributed by atoms with Gasteiger partial charge >= 0.3 is 0 Å². The van der Waals surface area contributed by atoms with Crippen LogP contribution in [0.15, 0.2) is 70.4 Å². The van der Waals surface area contributed by atoms with E-state index in [0.717, 1.165) is 23.1 Å². The van der Waals surface area contributed by atoms with E-state index in [9.17, 15) is 14.1 Å². The standard InChI is InChI=1S/C31H29ClN2O6S/c1-38-23-7-6-19-14-29-16-30-25(19)26(23)40-27(30)22(33-24(35)8-5-18-10-12-39-15-18)9-11-31(30,36)28(29)34(17-29)41(37)21-4-2-3-20(32)13-21/h2-8,10,12-13,15,22,27-28,36H,9,11,14,16-17H2,1H3,(H,33,35)/b8-5+/t22?,27-,28?,29?,30?,31?,41?/m0/s1. The molecule has 6 unspecified atom stereocenters. The summed E-state index contributed by atoms with van der Waals surface area (Å²) < 4.78 is 33.4. The zero-order valence-electron chi connectivity index (χ0n) is 22.3. The third kappa shape index (κ3) is 3.29. The molecule has 1 saturated heterocycles. The second kappa shape index (κ2) is 8.70. The van der Waals surface area contributed by atoms with Crippen molar-refractivity contribution in [2.75, 3.05) is 13.7 Å². The van der Waals surface area contributed by atoms with Crippen LogP contribution in [0.1, 0.15) is 36.0 Å². The van der Waals surface area contributed by atoms with Crippen LogP contribution in [0.5, 0.6) is 11.5 Å². The molecule has 8 rings (SSSR count). The molecule has 2 saturated carbocycles. The van der Waals surface area contributed by atoms with Gasteiger partial charge < -0.3 is 24.3 Å². The van der Waals surface area contributed by atoms with E-state index in [0.29, 0.717) is 47.2 Å². The van der Waals surface area contributed by atoms with Gasteiger partial charge in [0.1, 0.15) is 17.1 Å². The van der Waals surface area contributed by atoms with Gasteiger partial charge in [-0.1, -0.05) is 23.7 Å². The number of benzene rings is 2. The fraction of sp³-hybridized carbons (Fsp3) is 0.387. The molecule has 41 heavy (non-hydrogen) atoms. The number of ether oxygens (including phenoxy) is 2. The maximum absolute atomic E-state index is 13.9. The number of amides is 1. The molecule has 3 fully saturated rings. The van der Waals surface area contributed by atoms with Gasteiger partial charge in [-0.05, 0) is 67.7 Å². The summed E-state index contributed by atoms with van der Waals surface area (Å²) in [4.78, 5) is 13.7. The molecule has 8 nitrogen and oxygen atoms in total. The van der Waals surface area contributed by atoms with Gasteiger partial charge in [-0.25, -0.2) is 8.51 Å². The molecule has 3 heterocycles. The molecule has 1 amide bonds. The first-order chi connectivity index (χ1) is 19.8. The second-order valence-corrected chi connectivity index (χ2v) is 13.9. The predicted octanol–water partition coefficient (Wildman–Crippen LogP) is 4.02. The predicted molar refractivity (Wildman–Crippen MR) is 152 cm³/mol. The molecule has 212 valence electrons. The minimum atomic E-state index is -1.49. The highest BCUT2D eigenvalue weighted by molar-refractivity contribution is 7.82. The van der Waals surface area contributed by atoms with Crippen molar-refractivity contribution in [2.24, 2.45) is 5.41 Å². The molecule has 2 aromatic carbocycles. The Hall–Kier alpha value is -3.11. The summed E-state index contributed by atoms with van der Waals surface area (Å²) in [7, 11) is 0.132. The smallest absolute Gasteiger partial charge is 0.244 e. The Balaban J connectivity index is 1.20. The van der Waals surface area contributed by atoms with E-state index in [4.69, 9.17) is 25.5 Å². The van der Waals surface area contributed by atoms with Crippen LogP contribution in [0.25, 0.3) is 6.08 Å². The van der Waals surface area contributed by atoms with Crippen LogP contribution < -0.4 is 14.8 Å². The zero-order valence-corrected chi connectivity index (χ0v) is 23.9. The Morgan fingerprint density at radius 2 is 2.17 bits per heavy atom. The van der Waals surface area contributed by atoms with E-state index in [1.165, 1.54) is 6.08 Å². The van der Waals surface area contributed by atoms with Gasteiger partial charge in [0.15, 0.2) is 11.5 Å². The van der Waals surface area contributed by atoms with Crippen molar-refractivity contribution in [3.8, 4) is 11.5 Å². The van der Waals surface area contributed by atoms with E-state index in [-0.39, 0.29) is 23.4 Å². The van der Waals surface area contributed by atoms with Crippen molar-refractivity contribution >= 4 is 34.6 Å². The summed E-state index contributed by atoms with van der Waals surface area (Å²) in [5, 5.41) is 16.6. The van der Waals surface area contributed by atoms with Gasteiger partial charge in [-0.3, -0.25) is 4.79 Å². The Bertz CT molecular complexity index is 1640. The number of fused-ring (bicyclic) bond motifs is 1. The number of nitrogens with one attached hydrogen (secondary N) is 1. The molecular formula is C31H29ClN2O6S. The summed E-state index contributed by atoms with van der Waals surface area (Å²) >= 11 is 6.24. The summed E-state index contributed by atoms with van der Waals surface area (Å²) in [5.74, 6) is 1.04. The van der Waals surface area contributed by atoms with E-state index < -0.39 is 28.1 Å². The second-order valence-electron chi connectivity index (χ2n) is 12.0. The Morgan fingerprint density at radius 1 is 1.29 bits per heavy atom. The van der Waals surface area contributed by atoms with Crippen molar-refractivity contribution < 1.29 is 28.0 Å². The lowest BCUT2D eigenvalue weighted by Gasteiger charge is -2.57. The summed E-state index contributed by atoms with van der Waals surface area (Å²) in [5.41, 5.74) is 0.688. The average molecular weight is 593 g/mol. The fourth-order valence-electron chi connectivity index (χ4n) is 8.76. The quantitative estimate of drug-likeness (QED) is 0.420. The van der Waals surface area contributed by atoms with Crippen LogP contribution in [0.4, 0.5) is 0 Å². The van der Waals surface area contributed by atoms with Crippen molar-refractivity contribution in [2.45, 2.75) is 59.8 Å². The van der Waals surface area contributed by atoms with Gasteiger partial charge in [0.2, 0.25) is 5.91 Å². The van der Waals surface area contributed by atoms with Crippen molar-refractivity contribution in [3.05, 3.63) is 82.8 Å². The molecule has 0 radical (unpaired) electrons. The van der Waals surface area contributed by atoms with Crippen LogP contribution in [0, 0.1) is 5.41 Å². The monoisotopic (exact) mass is 592 g/mol. The lowest BCUT2D eigenvalue weighted by molar-refractivity contribution is -0.144. The highest BCUT2D eigenvalue weighted by Crippen LogP contribution is 2.75. The molecule has 1 aromatic heterocycles. The molecule has 10 heteroatoms. The molecule has 3 aromatic rings. The fourth-order valence-corrected chi connectivity index (χ4v) is 10.7. The van der Waals surface area contributed by atoms with Crippen LogP contribution in [-0.4, -0.2) is 57.0 Å². The van der Waals surface area contributed by atoms with E-state index >= 15 is 0 Å². The number of hydrogen-bond donors (Lipinski definition) is 2. The first kappa shape index (κ1) is 25.6. The lowest BCUT2D eigenvalue weighted by Crippen LogP contribution is -2.73. The number of hydrogen-bond acceptors (Lipinski definition) is 6. The zero-order chi connectivity index (χ0) is 28.1. The molecule has 3 aliphatic carbocycles. The van der Waals surface area contributed by atoms with Gasteiger partial charge in [0, 0.05) is 34.2 Å². The number of methoxy groups -OCH3 is 1. The van der Waals surface area contributed by atoms with Crippen LogP contribution in [-0.2, 0) is 27.6 Å². The van der Waals surface area contributed by atoms with Gasteiger partial charge in [0.25, 0.3) is 0 Å². The first-order valence-electron chi connectivity index (χ1n) is 13.8. The number of carbonyl (C=O) groups excluding carboxylic acids is 1. The van der Waals surface area contributed by atoms with Gasteiger partial charge in [-0.2, -0.15) is 0 Å². The number of halogens is 1. The third-order valence-electron chi connectivity index (χ3n) is 10.1. The molecule has 2 bridgehead atoms. The van der Waals surface area contributed by atoms with Crippen molar-refractivity contribution in [1.29, 1.82) is 0 Å². The Kier molecular flexibility index (Phi) is 5.43. The number of carbonyl (C=O) groups is 1. The summed E-state index contributed by atoms with van der Waals surface area (Å²) in [6.45, 7) is 0.596. The van der Waals surface area contributed by atoms with Crippen LogP contribution in [0.3, 0.4) is 0 Å². The minimum Gasteiger partial charge on any atom is -0.493 e. The highest BCUT2D eigenvalue weighted by Gasteiger charge is 2.84. The van der Waals surface area contributed by atoms with E-state index in [1.54, 1.807) is 50.0 Å². The third-order valence-corrected chi connectivity index (χ3v) is 11.7. The van der Waals surface area contributed by atoms with Crippen LogP contribution in [0.2, 0.25) is 5.02 Å². The van der Waals surface area contributed by atoms with E-state index in [2.05, 4.69) is 11.4 Å².